The second-order valence-electron chi connectivity index (χ2n) is 6.65. The predicted molar refractivity (Wildman–Crippen MR) is 101 cm³/mol. The Morgan fingerprint density at radius 3 is 2.11 bits per heavy atom. The molecule has 0 aromatic heterocycles. The molecule has 0 aliphatic carbocycles. The summed E-state index contributed by atoms with van der Waals surface area (Å²) in [5.41, 5.74) is 1.16. The molecule has 0 radical (unpaired) electrons. The fraction of sp³-hybridized carbons (Fsp3) is 0.350. The van der Waals surface area contributed by atoms with Crippen LogP contribution in [0.3, 0.4) is 0 Å². The van der Waals surface area contributed by atoms with E-state index in [2.05, 4.69) is 5.32 Å². The molecule has 1 N–H and O–H groups in total. The van der Waals surface area contributed by atoms with Crippen LogP contribution < -0.4 is 5.32 Å². The molecular formula is C20H23FN2O3S. The Morgan fingerprint density at radius 2 is 1.52 bits per heavy atom. The molecule has 3 rings (SSSR count). The van der Waals surface area contributed by atoms with Gasteiger partial charge in [0.2, 0.25) is 10.0 Å². The van der Waals surface area contributed by atoms with Gasteiger partial charge in [0, 0.05) is 25.2 Å². The van der Waals surface area contributed by atoms with Crippen LogP contribution >= 0.6 is 0 Å². The van der Waals surface area contributed by atoms with E-state index in [0.29, 0.717) is 18.7 Å². The lowest BCUT2D eigenvalue weighted by atomic mass is 10.2. The van der Waals surface area contributed by atoms with Crippen LogP contribution in [0.5, 0.6) is 0 Å². The number of sulfonamides is 1. The van der Waals surface area contributed by atoms with Crippen LogP contribution in [-0.2, 0) is 16.6 Å². The molecule has 2 aromatic carbocycles. The van der Waals surface area contributed by atoms with E-state index in [9.17, 15) is 17.6 Å². The maximum atomic E-state index is 12.9. The van der Waals surface area contributed by atoms with E-state index < -0.39 is 10.0 Å². The fourth-order valence-electron chi connectivity index (χ4n) is 3.10. The molecule has 27 heavy (non-hydrogen) atoms. The van der Waals surface area contributed by atoms with Crippen molar-refractivity contribution in [3.63, 3.8) is 0 Å². The first-order valence-corrected chi connectivity index (χ1v) is 10.5. The van der Waals surface area contributed by atoms with E-state index in [0.717, 1.165) is 31.2 Å². The second kappa shape index (κ2) is 8.63. The smallest absolute Gasteiger partial charge is 0.251 e. The number of hydrogen-bond acceptors (Lipinski definition) is 3. The predicted octanol–water partition coefficient (Wildman–Crippen LogP) is 3.32. The zero-order valence-corrected chi connectivity index (χ0v) is 15.8. The Balaban J connectivity index is 1.65. The largest absolute Gasteiger partial charge is 0.348 e. The van der Waals surface area contributed by atoms with E-state index >= 15 is 0 Å². The molecule has 1 aliphatic rings. The fourth-order valence-corrected chi connectivity index (χ4v) is 4.61. The van der Waals surface area contributed by atoms with Gasteiger partial charge in [-0.2, -0.15) is 4.31 Å². The molecule has 1 saturated heterocycles. The quantitative estimate of drug-likeness (QED) is 0.852. The summed E-state index contributed by atoms with van der Waals surface area (Å²) in [6.07, 6.45) is 3.87. The number of hydrogen-bond donors (Lipinski definition) is 1. The van der Waals surface area contributed by atoms with Crippen molar-refractivity contribution in [2.75, 3.05) is 13.1 Å². The van der Waals surface area contributed by atoms with Crippen LogP contribution in [0, 0.1) is 5.82 Å². The van der Waals surface area contributed by atoms with E-state index in [1.165, 1.54) is 40.7 Å². The van der Waals surface area contributed by atoms with Gasteiger partial charge in [-0.1, -0.05) is 25.0 Å². The van der Waals surface area contributed by atoms with Crippen LogP contribution in [-0.4, -0.2) is 31.7 Å². The van der Waals surface area contributed by atoms with Gasteiger partial charge in [0.1, 0.15) is 5.82 Å². The number of nitrogens with zero attached hydrogens (tertiary/aromatic N) is 1. The lowest BCUT2D eigenvalue weighted by molar-refractivity contribution is 0.0951. The third-order valence-corrected chi connectivity index (χ3v) is 6.60. The molecular weight excluding hydrogens is 367 g/mol. The Hall–Kier alpha value is -2.25. The zero-order valence-electron chi connectivity index (χ0n) is 15.0. The van der Waals surface area contributed by atoms with E-state index in [4.69, 9.17) is 0 Å². The highest BCUT2D eigenvalue weighted by atomic mass is 32.2. The highest BCUT2D eigenvalue weighted by molar-refractivity contribution is 7.89. The molecule has 1 fully saturated rings. The summed E-state index contributed by atoms with van der Waals surface area (Å²) in [6, 6.07) is 11.9. The van der Waals surface area contributed by atoms with Gasteiger partial charge in [-0.25, -0.2) is 12.8 Å². The average molecular weight is 390 g/mol. The van der Waals surface area contributed by atoms with Gasteiger partial charge in [-0.3, -0.25) is 4.79 Å². The standard InChI is InChI=1S/C20H23FN2O3S/c21-18-9-5-16(6-10-18)15-22-20(24)17-7-11-19(12-8-17)27(25,26)23-13-3-1-2-4-14-23/h5-12H,1-4,13-15H2,(H,22,24). The summed E-state index contributed by atoms with van der Waals surface area (Å²) in [5, 5.41) is 2.74. The van der Waals surface area contributed by atoms with Crippen molar-refractivity contribution < 1.29 is 17.6 Å². The van der Waals surface area contributed by atoms with Gasteiger partial charge >= 0.3 is 0 Å². The number of nitrogens with one attached hydrogen (secondary N) is 1. The number of halogens is 1. The minimum atomic E-state index is -3.52. The summed E-state index contributed by atoms with van der Waals surface area (Å²) in [4.78, 5) is 12.5. The number of rotatable bonds is 5. The third-order valence-electron chi connectivity index (χ3n) is 4.69. The lowest BCUT2D eigenvalue weighted by Gasteiger charge is -2.20. The van der Waals surface area contributed by atoms with Crippen LogP contribution in [0.1, 0.15) is 41.6 Å². The minimum Gasteiger partial charge on any atom is -0.348 e. The molecule has 1 heterocycles. The molecule has 1 amide bonds. The van der Waals surface area contributed by atoms with Gasteiger partial charge in [0.05, 0.1) is 4.90 Å². The normalized spacial score (nSPS) is 15.9. The average Bonchev–Trinajstić information content (AvgIpc) is 2.97. The number of benzene rings is 2. The molecule has 2 aromatic rings. The highest BCUT2D eigenvalue weighted by Gasteiger charge is 2.25. The first kappa shape index (κ1) is 19.5. The summed E-state index contributed by atoms with van der Waals surface area (Å²) in [6.45, 7) is 1.36. The summed E-state index contributed by atoms with van der Waals surface area (Å²) < 4.78 is 39.9. The Bertz CT molecular complexity index is 872. The number of carbonyl (C=O) groups excluding carboxylic acids is 1. The van der Waals surface area contributed by atoms with Crippen molar-refractivity contribution in [2.24, 2.45) is 0 Å². The van der Waals surface area contributed by atoms with Crippen LogP contribution in [0.15, 0.2) is 53.4 Å². The number of carbonyl (C=O) groups is 1. The van der Waals surface area contributed by atoms with E-state index in [1.807, 2.05) is 0 Å². The van der Waals surface area contributed by atoms with Gasteiger partial charge in [-0.15, -0.1) is 0 Å². The lowest BCUT2D eigenvalue weighted by Crippen LogP contribution is -2.32. The molecule has 0 spiro atoms. The second-order valence-corrected chi connectivity index (χ2v) is 8.59. The van der Waals surface area contributed by atoms with Crippen molar-refractivity contribution in [1.82, 2.24) is 9.62 Å². The molecule has 5 nitrogen and oxygen atoms in total. The molecule has 0 atom stereocenters. The molecule has 0 saturated carbocycles. The Labute approximate surface area is 159 Å². The van der Waals surface area contributed by atoms with Crippen molar-refractivity contribution in [3.8, 4) is 0 Å². The van der Waals surface area contributed by atoms with Gasteiger partial charge in [0.25, 0.3) is 5.91 Å². The first-order chi connectivity index (χ1) is 13.0. The zero-order chi connectivity index (χ0) is 19.3. The van der Waals surface area contributed by atoms with Gasteiger partial charge in [0.15, 0.2) is 0 Å². The third kappa shape index (κ3) is 4.93. The molecule has 0 bridgehead atoms. The van der Waals surface area contributed by atoms with Crippen LogP contribution in [0.25, 0.3) is 0 Å². The van der Waals surface area contributed by atoms with Crippen molar-refractivity contribution >= 4 is 15.9 Å². The minimum absolute atomic E-state index is 0.208. The Morgan fingerprint density at radius 1 is 0.926 bits per heavy atom. The topological polar surface area (TPSA) is 66.5 Å². The van der Waals surface area contributed by atoms with Crippen molar-refractivity contribution in [1.29, 1.82) is 0 Å². The maximum absolute atomic E-state index is 12.9. The van der Waals surface area contributed by atoms with E-state index in [-0.39, 0.29) is 23.2 Å². The summed E-state index contributed by atoms with van der Waals surface area (Å²) in [7, 11) is -3.52. The first-order valence-electron chi connectivity index (χ1n) is 9.10. The SMILES string of the molecule is O=C(NCc1ccc(F)cc1)c1ccc(S(=O)(=O)N2CCCCCC2)cc1. The van der Waals surface area contributed by atoms with Crippen molar-refractivity contribution in [2.45, 2.75) is 37.1 Å². The molecule has 0 unspecified atom stereocenters. The number of amides is 1. The monoisotopic (exact) mass is 390 g/mol. The van der Waals surface area contributed by atoms with Crippen LogP contribution in [0.2, 0.25) is 0 Å². The van der Waals surface area contributed by atoms with Crippen molar-refractivity contribution in [3.05, 3.63) is 65.5 Å². The van der Waals surface area contributed by atoms with E-state index in [1.54, 1.807) is 12.1 Å². The summed E-state index contributed by atoms with van der Waals surface area (Å²) in [5.74, 6) is -0.635. The highest BCUT2D eigenvalue weighted by Crippen LogP contribution is 2.20. The molecule has 144 valence electrons. The van der Waals surface area contributed by atoms with Crippen LogP contribution in [0.4, 0.5) is 4.39 Å². The van der Waals surface area contributed by atoms with Gasteiger partial charge in [-0.05, 0) is 54.8 Å². The molecule has 7 heteroatoms. The maximum Gasteiger partial charge on any atom is 0.251 e. The van der Waals surface area contributed by atoms with Gasteiger partial charge < -0.3 is 5.32 Å². The molecule has 1 aliphatic heterocycles. The summed E-state index contributed by atoms with van der Waals surface area (Å²) >= 11 is 0. The Kier molecular flexibility index (Phi) is 6.23.